The molecule has 0 saturated heterocycles. The van der Waals surface area contributed by atoms with Gasteiger partial charge in [-0.15, -0.1) is 17.7 Å². The van der Waals surface area contributed by atoms with E-state index in [0.29, 0.717) is 0 Å². The Morgan fingerprint density at radius 2 is 2.10 bits per heavy atom. The maximum absolute atomic E-state index is 12.2. The monoisotopic (exact) mass is 269 g/mol. The van der Waals surface area contributed by atoms with Crippen LogP contribution in [0.15, 0.2) is 12.1 Å². The third-order valence-electron chi connectivity index (χ3n) is 2.99. The quantitative estimate of drug-likeness (QED) is 0.539. The van der Waals surface area contributed by atoms with Crippen molar-refractivity contribution in [3.63, 3.8) is 0 Å². The summed E-state index contributed by atoms with van der Waals surface area (Å²) in [5.74, 6) is 0.761. The summed E-state index contributed by atoms with van der Waals surface area (Å²) in [5.41, 5.74) is 1.37. The molecule has 0 bridgehead atoms. The summed E-state index contributed by atoms with van der Waals surface area (Å²) in [6.07, 6.45) is 0.475. The van der Waals surface area contributed by atoms with Gasteiger partial charge < -0.3 is 9.47 Å². The van der Waals surface area contributed by atoms with Crippen molar-refractivity contribution < 1.29 is 33.1 Å². The SMILES string of the molecule is COc1c[c-]c2c(c1)CC(C)N2C(=O)OC(C)(C)C.[Li+]. The second-order valence-corrected chi connectivity index (χ2v) is 5.82. The first kappa shape index (κ1) is 16.9. The number of nitrogens with zero attached hydrogens (tertiary/aromatic N) is 1. The first-order valence-electron chi connectivity index (χ1n) is 6.42. The number of ether oxygens (including phenoxy) is 2. The van der Waals surface area contributed by atoms with Crippen LogP contribution in [0.25, 0.3) is 0 Å². The summed E-state index contributed by atoms with van der Waals surface area (Å²) in [6, 6.07) is 6.89. The summed E-state index contributed by atoms with van der Waals surface area (Å²) in [6.45, 7) is 7.60. The van der Waals surface area contributed by atoms with E-state index in [-0.39, 0.29) is 31.0 Å². The molecule has 4 nitrogen and oxygen atoms in total. The van der Waals surface area contributed by atoms with Gasteiger partial charge in [-0.2, -0.15) is 6.07 Å². The third kappa shape index (κ3) is 3.50. The van der Waals surface area contributed by atoms with Gasteiger partial charge in [0.25, 0.3) is 0 Å². The summed E-state index contributed by atoms with van der Waals surface area (Å²) < 4.78 is 10.6. The summed E-state index contributed by atoms with van der Waals surface area (Å²) in [5, 5.41) is 0. The number of carbonyl (C=O) groups excluding carboxylic acids is 1. The number of hydrogen-bond donors (Lipinski definition) is 0. The Kier molecular flexibility index (Phi) is 5.18. The first-order valence-corrected chi connectivity index (χ1v) is 6.42. The van der Waals surface area contributed by atoms with Crippen molar-refractivity contribution in [2.45, 2.75) is 45.8 Å². The number of hydrogen-bond acceptors (Lipinski definition) is 3. The van der Waals surface area contributed by atoms with Crippen LogP contribution in [0.5, 0.6) is 5.75 Å². The topological polar surface area (TPSA) is 38.8 Å². The average molecular weight is 269 g/mol. The first-order chi connectivity index (χ1) is 8.81. The van der Waals surface area contributed by atoms with Crippen molar-refractivity contribution in [1.29, 1.82) is 0 Å². The Morgan fingerprint density at radius 1 is 1.45 bits per heavy atom. The van der Waals surface area contributed by atoms with Gasteiger partial charge in [0.05, 0.1) is 7.11 Å². The van der Waals surface area contributed by atoms with Gasteiger partial charge in [0.15, 0.2) is 0 Å². The van der Waals surface area contributed by atoms with E-state index in [1.54, 1.807) is 18.1 Å². The smallest absolute Gasteiger partial charge is 0.554 e. The number of methoxy groups -OCH3 is 1. The van der Waals surface area contributed by atoms with E-state index in [4.69, 9.17) is 9.47 Å². The second kappa shape index (κ2) is 6.11. The number of rotatable bonds is 1. The molecule has 0 spiro atoms. The largest absolute Gasteiger partial charge is 1.00 e. The fourth-order valence-corrected chi connectivity index (χ4v) is 2.22. The Hall–Kier alpha value is -1.11. The molecule has 0 aromatic heterocycles. The molecule has 2 rings (SSSR count). The zero-order chi connectivity index (χ0) is 14.2. The molecule has 1 aromatic carbocycles. The van der Waals surface area contributed by atoms with E-state index in [1.807, 2.05) is 33.8 Å². The molecule has 0 N–H and O–H groups in total. The van der Waals surface area contributed by atoms with E-state index in [1.165, 1.54) is 0 Å². The molecule has 1 amide bonds. The zero-order valence-electron chi connectivity index (χ0n) is 13.1. The Balaban J connectivity index is 0.00000200. The van der Waals surface area contributed by atoms with Gasteiger partial charge in [-0.1, -0.05) is 12.1 Å². The number of fused-ring (bicyclic) bond motifs is 1. The van der Waals surface area contributed by atoms with Gasteiger partial charge in [-0.25, -0.2) is 4.79 Å². The van der Waals surface area contributed by atoms with E-state index in [2.05, 4.69) is 6.07 Å². The van der Waals surface area contributed by atoms with Gasteiger partial charge in [-0.05, 0) is 27.7 Å². The maximum atomic E-state index is 12.2. The molecule has 20 heavy (non-hydrogen) atoms. The number of amides is 1. The Labute approximate surface area is 132 Å². The zero-order valence-corrected chi connectivity index (χ0v) is 13.1. The third-order valence-corrected chi connectivity index (χ3v) is 2.99. The van der Waals surface area contributed by atoms with Crippen molar-refractivity contribution in [1.82, 2.24) is 0 Å². The van der Waals surface area contributed by atoms with Gasteiger partial charge in [-0.3, -0.25) is 4.90 Å². The van der Waals surface area contributed by atoms with Crippen LogP contribution < -0.4 is 28.5 Å². The van der Waals surface area contributed by atoms with Gasteiger partial charge in [0.2, 0.25) is 0 Å². The summed E-state index contributed by atoms with van der Waals surface area (Å²) >= 11 is 0. The van der Waals surface area contributed by atoms with Gasteiger partial charge in [0, 0.05) is 11.8 Å². The van der Waals surface area contributed by atoms with Crippen molar-refractivity contribution in [3.8, 4) is 5.75 Å². The molecule has 5 heteroatoms. The molecule has 1 aromatic rings. The Morgan fingerprint density at radius 3 is 2.65 bits per heavy atom. The molecule has 1 heterocycles. The number of anilines is 1. The molecule has 1 aliphatic rings. The standard InChI is InChI=1S/C15H20NO3.Li/c1-10-8-11-9-12(18-5)6-7-13(11)16(10)14(17)19-15(2,3)4;/h6,9-10H,8H2,1-5H3;/q-1;+1. The van der Waals surface area contributed by atoms with Crippen LogP contribution >= 0.6 is 0 Å². The summed E-state index contributed by atoms with van der Waals surface area (Å²) in [7, 11) is 1.62. The second-order valence-electron chi connectivity index (χ2n) is 5.82. The van der Waals surface area contributed by atoms with Gasteiger partial charge in [0.1, 0.15) is 5.60 Å². The van der Waals surface area contributed by atoms with Crippen LogP contribution in [0, 0.1) is 6.07 Å². The molecule has 0 aliphatic carbocycles. The minimum atomic E-state index is -0.494. The minimum Gasteiger partial charge on any atom is -0.554 e. The molecular formula is C15H20LiNO3. The number of benzene rings is 1. The van der Waals surface area contributed by atoms with Crippen molar-refractivity contribution in [3.05, 3.63) is 23.8 Å². The normalized spacial score (nSPS) is 17.2. The molecule has 1 aliphatic heterocycles. The van der Waals surface area contributed by atoms with Crippen LogP contribution in [0.4, 0.5) is 10.5 Å². The van der Waals surface area contributed by atoms with E-state index >= 15 is 0 Å². The summed E-state index contributed by atoms with van der Waals surface area (Å²) in [4.78, 5) is 13.9. The molecule has 0 radical (unpaired) electrons. The minimum absolute atomic E-state index is 0. The average Bonchev–Trinajstić information content (AvgIpc) is 2.61. The van der Waals surface area contributed by atoms with Crippen LogP contribution in [0.3, 0.4) is 0 Å². The Bertz CT molecular complexity index is 496. The molecule has 1 atom stereocenters. The molecule has 1 unspecified atom stereocenters. The molecular weight excluding hydrogens is 249 g/mol. The van der Waals surface area contributed by atoms with Crippen LogP contribution in [0.1, 0.15) is 33.3 Å². The maximum Gasteiger partial charge on any atom is 1.00 e. The van der Waals surface area contributed by atoms with Crippen LogP contribution in [-0.2, 0) is 11.2 Å². The van der Waals surface area contributed by atoms with Crippen molar-refractivity contribution in [2.24, 2.45) is 0 Å². The van der Waals surface area contributed by atoms with Gasteiger partial charge >= 0.3 is 25.0 Å². The van der Waals surface area contributed by atoms with Crippen LogP contribution in [-0.4, -0.2) is 24.8 Å². The molecule has 0 fully saturated rings. The fourth-order valence-electron chi connectivity index (χ4n) is 2.22. The van der Waals surface area contributed by atoms with Crippen molar-refractivity contribution in [2.75, 3.05) is 12.0 Å². The van der Waals surface area contributed by atoms with E-state index in [9.17, 15) is 4.79 Å². The predicted molar refractivity (Wildman–Crippen MR) is 73.7 cm³/mol. The number of carbonyl (C=O) groups is 1. The predicted octanol–water partition coefficient (Wildman–Crippen LogP) is 0.185. The van der Waals surface area contributed by atoms with Crippen LogP contribution in [0.2, 0.25) is 0 Å². The van der Waals surface area contributed by atoms with Crippen molar-refractivity contribution >= 4 is 11.8 Å². The molecule has 104 valence electrons. The molecule has 0 saturated carbocycles. The van der Waals surface area contributed by atoms with E-state index < -0.39 is 5.60 Å². The fraction of sp³-hybridized carbons (Fsp3) is 0.533. The van der Waals surface area contributed by atoms with E-state index in [0.717, 1.165) is 23.4 Å².